The number of carbonyl (C=O) groups excluding carboxylic acids is 1. The first-order chi connectivity index (χ1) is 21.0. The van der Waals surface area contributed by atoms with Crippen molar-refractivity contribution in [1.82, 2.24) is 16.0 Å². The molecule has 0 saturated heterocycles. The number of phenols is 1. The fourth-order valence-electron chi connectivity index (χ4n) is 5.71. The number of ether oxygens (including phenoxy) is 2. The summed E-state index contributed by atoms with van der Waals surface area (Å²) >= 11 is 0. The van der Waals surface area contributed by atoms with Gasteiger partial charge >= 0.3 is 0 Å². The summed E-state index contributed by atoms with van der Waals surface area (Å²) in [5, 5.41) is 25.5. The summed E-state index contributed by atoms with van der Waals surface area (Å²) in [6.45, 7) is 1.32. The van der Waals surface area contributed by atoms with Crippen LogP contribution in [0.3, 0.4) is 0 Å². The number of phenolic OH excluding ortho intramolecular Hbond substituents is 1. The fourth-order valence-corrected chi connectivity index (χ4v) is 5.71. The minimum atomic E-state index is -0.275. The van der Waals surface area contributed by atoms with Crippen LogP contribution < -0.4 is 25.4 Å². The molecule has 7 nitrogen and oxygen atoms in total. The maximum atomic E-state index is 13.6. The number of methoxy groups -OCH3 is 2. The predicted molar refractivity (Wildman–Crippen MR) is 173 cm³/mol. The van der Waals surface area contributed by atoms with Crippen molar-refractivity contribution >= 4 is 27.5 Å². The number of nitrogens with one attached hydrogen (secondary N) is 3. The molecule has 4 N–H and O–H groups in total. The van der Waals surface area contributed by atoms with Crippen LogP contribution in [-0.4, -0.2) is 57.5 Å². The van der Waals surface area contributed by atoms with Crippen LogP contribution >= 0.6 is 0 Å². The van der Waals surface area contributed by atoms with Crippen LogP contribution in [0, 0.1) is 0 Å². The van der Waals surface area contributed by atoms with Crippen molar-refractivity contribution in [2.75, 3.05) is 34.4 Å². The Morgan fingerprint density at radius 3 is 1.77 bits per heavy atom. The van der Waals surface area contributed by atoms with Gasteiger partial charge in [0, 0.05) is 30.7 Å². The number of hydrogen-bond donors (Lipinski definition) is 4. The molecule has 0 bridgehead atoms. The third-order valence-corrected chi connectivity index (χ3v) is 7.87. The van der Waals surface area contributed by atoms with E-state index in [1.54, 1.807) is 0 Å². The summed E-state index contributed by atoms with van der Waals surface area (Å²) in [7, 11) is 4.85. The second kappa shape index (κ2) is 14.1. The van der Waals surface area contributed by atoms with Gasteiger partial charge in [0.25, 0.3) is 5.91 Å². The number of benzene rings is 5. The van der Waals surface area contributed by atoms with E-state index in [-0.39, 0.29) is 35.2 Å². The molecule has 0 aromatic heterocycles. The molecule has 0 aliphatic heterocycles. The number of likely N-dealkylation sites (N-methyl/N-ethyl adjacent to an activating group) is 1. The maximum Gasteiger partial charge on any atom is 0.251 e. The molecule has 0 radical (unpaired) electrons. The molecule has 0 fully saturated rings. The molecular formula is C36H39N3O4. The summed E-state index contributed by atoms with van der Waals surface area (Å²) in [4.78, 5) is 13.6. The quantitative estimate of drug-likeness (QED) is 0.148. The topological polar surface area (TPSA) is 91.9 Å². The molecule has 0 spiro atoms. The molecule has 0 heterocycles. The van der Waals surface area contributed by atoms with Gasteiger partial charge in [-0.25, -0.2) is 0 Å². The smallest absolute Gasteiger partial charge is 0.251 e. The van der Waals surface area contributed by atoms with Crippen LogP contribution in [0.25, 0.3) is 21.5 Å². The first-order valence-electron chi connectivity index (χ1n) is 14.6. The van der Waals surface area contributed by atoms with Crippen molar-refractivity contribution < 1.29 is 19.4 Å². The summed E-state index contributed by atoms with van der Waals surface area (Å²) in [6.07, 6.45) is 1.47. The molecule has 0 aliphatic carbocycles. The number of aromatic hydroxyl groups is 1. The highest BCUT2D eigenvalue weighted by Gasteiger charge is 2.21. The molecule has 222 valence electrons. The molecule has 0 saturated carbocycles. The number of rotatable bonds is 13. The number of carbonyl (C=O) groups is 1. The van der Waals surface area contributed by atoms with Crippen molar-refractivity contribution in [2.24, 2.45) is 0 Å². The van der Waals surface area contributed by atoms with E-state index in [0.717, 1.165) is 23.9 Å². The normalized spacial score (nSPS) is 12.6. The zero-order valence-electron chi connectivity index (χ0n) is 24.9. The summed E-state index contributed by atoms with van der Waals surface area (Å²) in [5.41, 5.74) is 2.78. The van der Waals surface area contributed by atoms with Gasteiger partial charge in [-0.2, -0.15) is 0 Å². The predicted octanol–water partition coefficient (Wildman–Crippen LogP) is 5.48. The number of amides is 1. The monoisotopic (exact) mass is 577 g/mol. The van der Waals surface area contributed by atoms with Gasteiger partial charge < -0.3 is 30.5 Å². The van der Waals surface area contributed by atoms with E-state index in [1.807, 2.05) is 19.2 Å². The van der Waals surface area contributed by atoms with Crippen LogP contribution in [0.4, 0.5) is 0 Å². The van der Waals surface area contributed by atoms with Gasteiger partial charge in [0.2, 0.25) is 5.75 Å². The molecule has 5 aromatic carbocycles. The Labute approximate surface area is 252 Å². The van der Waals surface area contributed by atoms with Crippen molar-refractivity contribution in [3.05, 3.63) is 114 Å². The van der Waals surface area contributed by atoms with E-state index in [4.69, 9.17) is 9.47 Å². The molecule has 5 aromatic rings. The van der Waals surface area contributed by atoms with E-state index in [0.29, 0.717) is 18.5 Å². The van der Waals surface area contributed by atoms with Crippen LogP contribution in [-0.2, 0) is 12.8 Å². The van der Waals surface area contributed by atoms with Gasteiger partial charge in [-0.05, 0) is 64.7 Å². The first kappa shape index (κ1) is 29.9. The average molecular weight is 578 g/mol. The molecule has 7 heteroatoms. The van der Waals surface area contributed by atoms with Gasteiger partial charge in [-0.15, -0.1) is 0 Å². The van der Waals surface area contributed by atoms with Gasteiger partial charge in [0.15, 0.2) is 11.5 Å². The van der Waals surface area contributed by atoms with Crippen LogP contribution in [0.5, 0.6) is 17.2 Å². The van der Waals surface area contributed by atoms with Crippen LogP contribution in [0.15, 0.2) is 97.1 Å². The third-order valence-electron chi connectivity index (χ3n) is 7.87. The van der Waals surface area contributed by atoms with E-state index < -0.39 is 0 Å². The second-order valence-electron chi connectivity index (χ2n) is 10.7. The maximum absolute atomic E-state index is 13.6. The van der Waals surface area contributed by atoms with Gasteiger partial charge in [-0.3, -0.25) is 4.79 Å². The van der Waals surface area contributed by atoms with Crippen molar-refractivity contribution in [3.63, 3.8) is 0 Å². The largest absolute Gasteiger partial charge is 0.502 e. The average Bonchev–Trinajstić information content (AvgIpc) is 3.04. The van der Waals surface area contributed by atoms with Gasteiger partial charge in [-0.1, -0.05) is 84.9 Å². The first-order valence-corrected chi connectivity index (χ1v) is 14.6. The fraction of sp³-hybridized carbons (Fsp3) is 0.250. The Hall–Kier alpha value is -4.59. The lowest BCUT2D eigenvalue weighted by Gasteiger charge is -2.25. The van der Waals surface area contributed by atoms with Gasteiger partial charge in [0.1, 0.15) is 0 Å². The van der Waals surface area contributed by atoms with E-state index >= 15 is 0 Å². The van der Waals surface area contributed by atoms with Crippen LogP contribution in [0.1, 0.15) is 21.5 Å². The minimum Gasteiger partial charge on any atom is -0.502 e. The molecule has 1 amide bonds. The van der Waals surface area contributed by atoms with Crippen molar-refractivity contribution in [1.29, 1.82) is 0 Å². The Morgan fingerprint density at radius 2 is 1.23 bits per heavy atom. The van der Waals surface area contributed by atoms with E-state index in [1.165, 1.54) is 48.1 Å². The highest BCUT2D eigenvalue weighted by atomic mass is 16.5. The molecule has 0 aliphatic rings. The Morgan fingerprint density at radius 1 is 0.721 bits per heavy atom. The molecular weight excluding hydrogens is 538 g/mol. The summed E-state index contributed by atoms with van der Waals surface area (Å²) in [6, 6.07) is 32.4. The highest BCUT2D eigenvalue weighted by molar-refractivity contribution is 5.96. The van der Waals surface area contributed by atoms with Crippen molar-refractivity contribution in [2.45, 2.75) is 24.9 Å². The molecule has 2 atom stereocenters. The lowest BCUT2D eigenvalue weighted by molar-refractivity contribution is 0.0935. The lowest BCUT2D eigenvalue weighted by Crippen LogP contribution is -2.48. The Balaban J connectivity index is 1.40. The lowest BCUT2D eigenvalue weighted by atomic mass is 9.97. The Bertz CT molecular complexity index is 1670. The summed E-state index contributed by atoms with van der Waals surface area (Å²) < 4.78 is 10.6. The minimum absolute atomic E-state index is 0.136. The zero-order valence-corrected chi connectivity index (χ0v) is 24.9. The Kier molecular flexibility index (Phi) is 9.77. The molecule has 5 rings (SSSR count). The second-order valence-corrected chi connectivity index (χ2v) is 10.7. The van der Waals surface area contributed by atoms with E-state index in [2.05, 4.69) is 88.7 Å². The third kappa shape index (κ3) is 7.08. The van der Waals surface area contributed by atoms with Crippen LogP contribution in [0.2, 0.25) is 0 Å². The molecule has 0 unspecified atom stereocenters. The van der Waals surface area contributed by atoms with Crippen molar-refractivity contribution in [3.8, 4) is 17.2 Å². The standard InChI is InChI=1S/C36H39N3O4/c1-37-22-29(18-26-14-8-12-24-10-4-6-16-31(24)26)38-23-30(19-27-15-9-13-25-11-5-7-17-32(25)27)39-36(41)28-20-33(42-2)35(40)34(21-28)43-3/h4-17,20-21,29-30,37-38,40H,18-19,22-23H2,1-3H3,(H,39,41)/t29-,30-/m1/s1. The summed E-state index contributed by atoms with van der Waals surface area (Å²) in [5.74, 6) is -0.0588. The van der Waals surface area contributed by atoms with E-state index in [9.17, 15) is 9.90 Å². The van der Waals surface area contributed by atoms with Gasteiger partial charge in [0.05, 0.1) is 14.2 Å². The number of hydrogen-bond acceptors (Lipinski definition) is 6. The highest BCUT2D eigenvalue weighted by Crippen LogP contribution is 2.37. The zero-order chi connectivity index (χ0) is 30.2. The number of fused-ring (bicyclic) bond motifs is 2. The molecule has 43 heavy (non-hydrogen) atoms. The SMILES string of the molecule is CNC[C@@H](Cc1cccc2ccccc12)NC[C@@H](Cc1cccc2ccccc12)NC(=O)c1cc(OC)c(O)c(OC)c1.